The van der Waals surface area contributed by atoms with Crippen LogP contribution in [0.2, 0.25) is 5.02 Å². The van der Waals surface area contributed by atoms with Crippen molar-refractivity contribution < 1.29 is 4.74 Å². The van der Waals surface area contributed by atoms with Crippen molar-refractivity contribution in [1.82, 2.24) is 5.32 Å². The Morgan fingerprint density at radius 1 is 1.19 bits per heavy atom. The minimum atomic E-state index is 0.308. The average Bonchev–Trinajstić information content (AvgIpc) is 2.89. The fourth-order valence-electron chi connectivity index (χ4n) is 3.05. The molecule has 21 heavy (non-hydrogen) atoms. The summed E-state index contributed by atoms with van der Waals surface area (Å²) in [6, 6.07) is 15.2. The van der Waals surface area contributed by atoms with Gasteiger partial charge in [0.15, 0.2) is 0 Å². The predicted octanol–water partition coefficient (Wildman–Crippen LogP) is 4.69. The Balaban J connectivity index is 1.72. The lowest BCUT2D eigenvalue weighted by molar-refractivity contribution is 0.414. The minimum Gasteiger partial charge on any atom is -0.497 e. The third kappa shape index (κ3) is 3.07. The molecule has 0 aliphatic heterocycles. The molecular formula is C18H20ClNO. The average molecular weight is 302 g/mol. The highest BCUT2D eigenvalue weighted by molar-refractivity contribution is 6.30. The first-order chi connectivity index (χ1) is 10.2. The number of hydrogen-bond donors (Lipinski definition) is 1. The molecule has 0 saturated carbocycles. The number of rotatable bonds is 4. The van der Waals surface area contributed by atoms with Gasteiger partial charge in [-0.1, -0.05) is 29.8 Å². The molecule has 0 fully saturated rings. The molecule has 3 rings (SSSR count). The highest BCUT2D eigenvalue weighted by atomic mass is 35.5. The lowest BCUT2D eigenvalue weighted by Crippen LogP contribution is -2.22. The summed E-state index contributed by atoms with van der Waals surface area (Å²) in [6.07, 6.45) is 2.24. The van der Waals surface area contributed by atoms with Crippen LogP contribution in [-0.2, 0) is 6.42 Å². The van der Waals surface area contributed by atoms with E-state index in [2.05, 4.69) is 36.5 Å². The van der Waals surface area contributed by atoms with Gasteiger partial charge in [0.2, 0.25) is 0 Å². The summed E-state index contributed by atoms with van der Waals surface area (Å²) in [7, 11) is 1.69. The van der Waals surface area contributed by atoms with Crippen molar-refractivity contribution in [2.75, 3.05) is 7.11 Å². The van der Waals surface area contributed by atoms with Crippen LogP contribution in [0.3, 0.4) is 0 Å². The molecule has 3 heteroatoms. The summed E-state index contributed by atoms with van der Waals surface area (Å²) in [5.41, 5.74) is 4.04. The van der Waals surface area contributed by atoms with Gasteiger partial charge in [-0.15, -0.1) is 0 Å². The van der Waals surface area contributed by atoms with Gasteiger partial charge in [0.25, 0.3) is 0 Å². The fourth-order valence-corrected chi connectivity index (χ4v) is 3.24. The van der Waals surface area contributed by atoms with E-state index in [1.807, 2.05) is 18.2 Å². The Kier molecular flexibility index (Phi) is 4.18. The van der Waals surface area contributed by atoms with Crippen molar-refractivity contribution in [1.29, 1.82) is 0 Å². The summed E-state index contributed by atoms with van der Waals surface area (Å²) < 4.78 is 5.21. The van der Waals surface area contributed by atoms with E-state index in [1.165, 1.54) is 16.7 Å². The molecule has 2 aromatic rings. The van der Waals surface area contributed by atoms with E-state index in [0.717, 1.165) is 23.6 Å². The summed E-state index contributed by atoms with van der Waals surface area (Å²) in [6.45, 7) is 2.20. The number of benzene rings is 2. The molecule has 0 bridgehead atoms. The lowest BCUT2D eigenvalue weighted by atomic mass is 10.0. The standard InChI is InChI=1S/C18H20ClNO/c1-12(13-3-7-16(21-2)8-4-13)20-18-10-5-14-11-15(19)6-9-17(14)18/h3-4,6-9,11-12,18,20H,5,10H2,1-2H3/t12-,18?/m1/s1. The highest BCUT2D eigenvalue weighted by Gasteiger charge is 2.23. The maximum Gasteiger partial charge on any atom is 0.118 e. The Morgan fingerprint density at radius 2 is 1.95 bits per heavy atom. The first-order valence-electron chi connectivity index (χ1n) is 7.35. The van der Waals surface area contributed by atoms with E-state index in [-0.39, 0.29) is 0 Å². The number of ether oxygens (including phenoxy) is 1. The lowest BCUT2D eigenvalue weighted by Gasteiger charge is -2.21. The van der Waals surface area contributed by atoms with Crippen LogP contribution >= 0.6 is 11.6 Å². The smallest absolute Gasteiger partial charge is 0.118 e. The maximum absolute atomic E-state index is 6.07. The monoisotopic (exact) mass is 301 g/mol. The van der Waals surface area contributed by atoms with E-state index >= 15 is 0 Å². The van der Waals surface area contributed by atoms with Crippen LogP contribution in [0.5, 0.6) is 5.75 Å². The third-order valence-electron chi connectivity index (χ3n) is 4.25. The fraction of sp³-hybridized carbons (Fsp3) is 0.333. The second-order valence-electron chi connectivity index (χ2n) is 5.60. The quantitative estimate of drug-likeness (QED) is 0.885. The Hall–Kier alpha value is -1.51. The second kappa shape index (κ2) is 6.08. The molecule has 1 unspecified atom stereocenters. The van der Waals surface area contributed by atoms with Gasteiger partial charge < -0.3 is 10.1 Å². The van der Waals surface area contributed by atoms with Crippen molar-refractivity contribution in [3.05, 3.63) is 64.2 Å². The molecule has 0 heterocycles. The van der Waals surface area contributed by atoms with Gasteiger partial charge in [-0.2, -0.15) is 0 Å². The van der Waals surface area contributed by atoms with Gasteiger partial charge in [-0.25, -0.2) is 0 Å². The Morgan fingerprint density at radius 3 is 2.67 bits per heavy atom. The van der Waals surface area contributed by atoms with E-state index in [9.17, 15) is 0 Å². The van der Waals surface area contributed by atoms with Gasteiger partial charge in [0.05, 0.1) is 7.11 Å². The van der Waals surface area contributed by atoms with Gasteiger partial charge >= 0.3 is 0 Å². The van der Waals surface area contributed by atoms with Crippen molar-refractivity contribution in [2.24, 2.45) is 0 Å². The number of methoxy groups -OCH3 is 1. The zero-order valence-corrected chi connectivity index (χ0v) is 13.2. The topological polar surface area (TPSA) is 21.3 Å². The van der Waals surface area contributed by atoms with Crippen molar-refractivity contribution in [3.8, 4) is 5.75 Å². The van der Waals surface area contributed by atoms with E-state index in [1.54, 1.807) is 7.11 Å². The molecule has 2 atom stereocenters. The number of nitrogens with one attached hydrogen (secondary N) is 1. The molecule has 0 radical (unpaired) electrons. The highest BCUT2D eigenvalue weighted by Crippen LogP contribution is 2.34. The Labute approximate surface area is 131 Å². The van der Waals surface area contributed by atoms with Crippen LogP contribution in [0, 0.1) is 0 Å². The summed E-state index contributed by atoms with van der Waals surface area (Å²) in [4.78, 5) is 0. The first-order valence-corrected chi connectivity index (χ1v) is 7.73. The molecule has 1 N–H and O–H groups in total. The molecule has 110 valence electrons. The largest absolute Gasteiger partial charge is 0.497 e. The number of aryl methyl sites for hydroxylation is 1. The van der Waals surface area contributed by atoms with Gasteiger partial charge in [-0.05, 0) is 60.7 Å². The van der Waals surface area contributed by atoms with Crippen molar-refractivity contribution >= 4 is 11.6 Å². The van der Waals surface area contributed by atoms with Crippen molar-refractivity contribution in [3.63, 3.8) is 0 Å². The molecular weight excluding hydrogens is 282 g/mol. The normalized spacial score (nSPS) is 18.3. The van der Waals surface area contributed by atoms with Crippen LogP contribution in [0.4, 0.5) is 0 Å². The molecule has 0 spiro atoms. The molecule has 2 aromatic carbocycles. The molecule has 2 nitrogen and oxygen atoms in total. The molecule has 0 amide bonds. The van der Waals surface area contributed by atoms with Crippen molar-refractivity contribution in [2.45, 2.75) is 31.8 Å². The zero-order valence-electron chi connectivity index (χ0n) is 12.4. The molecule has 1 aliphatic carbocycles. The van der Waals surface area contributed by atoms with Gasteiger partial charge in [-0.3, -0.25) is 0 Å². The molecule has 0 aromatic heterocycles. The van der Waals surface area contributed by atoms with Crippen LogP contribution in [0.15, 0.2) is 42.5 Å². The van der Waals surface area contributed by atoms with Crippen LogP contribution in [0.25, 0.3) is 0 Å². The SMILES string of the molecule is COc1ccc([C@@H](C)NC2CCc3cc(Cl)ccc32)cc1. The van der Waals surface area contributed by atoms with E-state index in [0.29, 0.717) is 12.1 Å². The van der Waals surface area contributed by atoms with Crippen LogP contribution < -0.4 is 10.1 Å². The Bertz CT molecular complexity index is 624. The summed E-state index contributed by atoms with van der Waals surface area (Å²) in [5.74, 6) is 0.895. The maximum atomic E-state index is 6.07. The molecule has 0 saturated heterocycles. The first kappa shape index (κ1) is 14.4. The second-order valence-corrected chi connectivity index (χ2v) is 6.03. The third-order valence-corrected chi connectivity index (χ3v) is 4.48. The van der Waals surface area contributed by atoms with E-state index in [4.69, 9.17) is 16.3 Å². The van der Waals surface area contributed by atoms with Crippen LogP contribution in [0.1, 0.15) is 42.1 Å². The van der Waals surface area contributed by atoms with Crippen LogP contribution in [-0.4, -0.2) is 7.11 Å². The zero-order chi connectivity index (χ0) is 14.8. The van der Waals surface area contributed by atoms with Gasteiger partial charge in [0.1, 0.15) is 5.75 Å². The summed E-state index contributed by atoms with van der Waals surface area (Å²) >= 11 is 6.07. The predicted molar refractivity (Wildman–Crippen MR) is 87.1 cm³/mol. The van der Waals surface area contributed by atoms with E-state index < -0.39 is 0 Å². The van der Waals surface area contributed by atoms with Gasteiger partial charge in [0, 0.05) is 17.1 Å². The summed E-state index contributed by atoms with van der Waals surface area (Å²) in [5, 5.41) is 4.56. The number of hydrogen-bond acceptors (Lipinski definition) is 2. The number of fused-ring (bicyclic) bond motifs is 1. The molecule has 1 aliphatic rings. The minimum absolute atomic E-state index is 0.308. The number of halogens is 1.